The summed E-state index contributed by atoms with van der Waals surface area (Å²) in [6.45, 7) is 3.69. The summed E-state index contributed by atoms with van der Waals surface area (Å²) in [5.41, 5.74) is 5.33. The summed E-state index contributed by atoms with van der Waals surface area (Å²) in [5, 5.41) is 0. The van der Waals surface area contributed by atoms with Crippen molar-refractivity contribution in [1.82, 2.24) is 0 Å². The van der Waals surface area contributed by atoms with Crippen molar-refractivity contribution in [3.05, 3.63) is 24.3 Å². The van der Waals surface area contributed by atoms with Gasteiger partial charge in [-0.15, -0.1) is 0 Å². The number of esters is 2. The highest BCUT2D eigenvalue weighted by Crippen LogP contribution is 2.43. The SMILES string of the molecule is CCCCCC=CCC=CCCCCCCCCCC(=O)O[C@H](COC(=O)CCCCCCCCCCCCC)COP(=O)(O)OCCN. The summed E-state index contributed by atoms with van der Waals surface area (Å²) in [5.74, 6) is -0.835. The Hall–Kier alpha value is -1.51. The van der Waals surface area contributed by atoms with Crippen LogP contribution in [-0.4, -0.2) is 49.3 Å². The van der Waals surface area contributed by atoms with Gasteiger partial charge >= 0.3 is 19.8 Å². The van der Waals surface area contributed by atoms with E-state index in [-0.39, 0.29) is 38.6 Å². The lowest BCUT2D eigenvalue weighted by molar-refractivity contribution is -0.161. The summed E-state index contributed by atoms with van der Waals surface area (Å²) in [6, 6.07) is 0. The largest absolute Gasteiger partial charge is 0.472 e. The lowest BCUT2D eigenvalue weighted by Crippen LogP contribution is -2.29. The van der Waals surface area contributed by atoms with Gasteiger partial charge in [0.2, 0.25) is 0 Å². The Bertz CT molecular complexity index is 866. The molecule has 2 atom stereocenters. The van der Waals surface area contributed by atoms with Crippen molar-refractivity contribution >= 4 is 19.8 Å². The molecular formula is C39H74NO8P. The molecule has 10 heteroatoms. The number of rotatable bonds is 37. The van der Waals surface area contributed by atoms with Crippen LogP contribution in [0.5, 0.6) is 0 Å². The summed E-state index contributed by atoms with van der Waals surface area (Å²) >= 11 is 0. The second-order valence-electron chi connectivity index (χ2n) is 13.2. The van der Waals surface area contributed by atoms with Gasteiger partial charge in [0.05, 0.1) is 13.2 Å². The Morgan fingerprint density at radius 1 is 0.612 bits per heavy atom. The van der Waals surface area contributed by atoms with Crippen LogP contribution in [0, 0.1) is 0 Å². The highest BCUT2D eigenvalue weighted by atomic mass is 31.2. The van der Waals surface area contributed by atoms with E-state index in [2.05, 4.69) is 38.2 Å². The topological polar surface area (TPSA) is 134 Å². The summed E-state index contributed by atoms with van der Waals surface area (Å²) in [4.78, 5) is 34.7. The summed E-state index contributed by atoms with van der Waals surface area (Å²) in [6.07, 6.45) is 36.3. The fourth-order valence-electron chi connectivity index (χ4n) is 5.37. The van der Waals surface area contributed by atoms with Crippen LogP contribution in [0.15, 0.2) is 24.3 Å². The zero-order chi connectivity index (χ0) is 36.1. The zero-order valence-corrected chi connectivity index (χ0v) is 32.3. The van der Waals surface area contributed by atoms with E-state index in [1.807, 2.05) is 0 Å². The highest BCUT2D eigenvalue weighted by molar-refractivity contribution is 7.47. The van der Waals surface area contributed by atoms with Gasteiger partial charge < -0.3 is 20.1 Å². The van der Waals surface area contributed by atoms with Gasteiger partial charge in [0.15, 0.2) is 6.10 Å². The number of unbranched alkanes of at least 4 members (excludes halogenated alkanes) is 20. The maximum Gasteiger partial charge on any atom is 0.472 e. The Labute approximate surface area is 300 Å². The molecule has 0 radical (unpaired) electrons. The molecule has 0 fully saturated rings. The number of phosphoric ester groups is 1. The van der Waals surface area contributed by atoms with E-state index < -0.39 is 26.5 Å². The van der Waals surface area contributed by atoms with Crippen LogP contribution < -0.4 is 5.73 Å². The predicted octanol–water partition coefficient (Wildman–Crippen LogP) is 10.8. The van der Waals surface area contributed by atoms with E-state index in [1.54, 1.807) is 0 Å². The van der Waals surface area contributed by atoms with Crippen molar-refractivity contribution in [3.63, 3.8) is 0 Å². The monoisotopic (exact) mass is 716 g/mol. The Kier molecular flexibility index (Phi) is 35.2. The van der Waals surface area contributed by atoms with Gasteiger partial charge in [-0.3, -0.25) is 18.6 Å². The second kappa shape index (κ2) is 36.3. The molecular weight excluding hydrogens is 641 g/mol. The molecule has 0 rings (SSSR count). The number of allylic oxidation sites excluding steroid dienone is 4. The quantitative estimate of drug-likeness (QED) is 0.0279. The van der Waals surface area contributed by atoms with E-state index in [4.69, 9.17) is 24.3 Å². The van der Waals surface area contributed by atoms with Crippen LogP contribution in [0.1, 0.15) is 181 Å². The smallest absolute Gasteiger partial charge is 0.462 e. The molecule has 0 heterocycles. The van der Waals surface area contributed by atoms with Gasteiger partial charge in [0, 0.05) is 19.4 Å². The minimum Gasteiger partial charge on any atom is -0.462 e. The highest BCUT2D eigenvalue weighted by Gasteiger charge is 2.25. The minimum absolute atomic E-state index is 0.0533. The number of phosphoric acid groups is 1. The van der Waals surface area contributed by atoms with Crippen LogP contribution in [0.3, 0.4) is 0 Å². The van der Waals surface area contributed by atoms with Crippen molar-refractivity contribution in [3.8, 4) is 0 Å². The van der Waals surface area contributed by atoms with E-state index in [0.29, 0.717) is 6.42 Å². The van der Waals surface area contributed by atoms with E-state index in [9.17, 15) is 19.0 Å². The molecule has 0 aromatic heterocycles. The molecule has 0 aliphatic rings. The molecule has 49 heavy (non-hydrogen) atoms. The van der Waals surface area contributed by atoms with Gasteiger partial charge in [-0.1, -0.05) is 147 Å². The van der Waals surface area contributed by atoms with Crippen LogP contribution >= 0.6 is 7.82 Å². The Balaban J connectivity index is 4.19. The molecule has 3 N–H and O–H groups in total. The van der Waals surface area contributed by atoms with Crippen molar-refractivity contribution in [2.24, 2.45) is 5.73 Å². The number of ether oxygens (including phenoxy) is 2. The summed E-state index contributed by atoms with van der Waals surface area (Å²) < 4.78 is 32.7. The molecule has 9 nitrogen and oxygen atoms in total. The third kappa shape index (κ3) is 36.1. The third-order valence-corrected chi connectivity index (χ3v) is 9.32. The molecule has 0 saturated heterocycles. The van der Waals surface area contributed by atoms with Crippen LogP contribution in [0.25, 0.3) is 0 Å². The van der Waals surface area contributed by atoms with Crippen molar-refractivity contribution in [2.75, 3.05) is 26.4 Å². The lowest BCUT2D eigenvalue weighted by atomic mass is 10.1. The molecule has 0 aromatic rings. The van der Waals surface area contributed by atoms with Crippen molar-refractivity contribution < 1.29 is 37.6 Å². The Morgan fingerprint density at radius 3 is 1.59 bits per heavy atom. The van der Waals surface area contributed by atoms with Gasteiger partial charge in [-0.25, -0.2) is 4.57 Å². The van der Waals surface area contributed by atoms with Crippen molar-refractivity contribution in [2.45, 2.75) is 187 Å². The number of nitrogens with two attached hydrogens (primary N) is 1. The second-order valence-corrected chi connectivity index (χ2v) is 14.6. The van der Waals surface area contributed by atoms with Crippen LogP contribution in [-0.2, 0) is 32.7 Å². The molecule has 1 unspecified atom stereocenters. The van der Waals surface area contributed by atoms with E-state index in [0.717, 1.165) is 51.4 Å². The average molecular weight is 716 g/mol. The van der Waals surface area contributed by atoms with Crippen LogP contribution in [0.2, 0.25) is 0 Å². The summed E-state index contributed by atoms with van der Waals surface area (Å²) in [7, 11) is -4.37. The third-order valence-electron chi connectivity index (χ3n) is 8.34. The molecule has 288 valence electrons. The molecule has 0 saturated carbocycles. The number of carbonyl (C=O) groups is 2. The predicted molar refractivity (Wildman–Crippen MR) is 201 cm³/mol. The fraction of sp³-hybridized carbons (Fsp3) is 0.846. The molecule has 0 bridgehead atoms. The van der Waals surface area contributed by atoms with E-state index in [1.165, 1.54) is 96.3 Å². The fourth-order valence-corrected chi connectivity index (χ4v) is 6.13. The number of hydrogen-bond acceptors (Lipinski definition) is 8. The van der Waals surface area contributed by atoms with Crippen LogP contribution in [0.4, 0.5) is 0 Å². The van der Waals surface area contributed by atoms with E-state index >= 15 is 0 Å². The zero-order valence-electron chi connectivity index (χ0n) is 31.4. The van der Waals surface area contributed by atoms with Gasteiger partial charge in [0.25, 0.3) is 0 Å². The molecule has 0 aliphatic carbocycles. The molecule has 0 spiro atoms. The maximum atomic E-state index is 12.5. The van der Waals surface area contributed by atoms with Crippen molar-refractivity contribution in [1.29, 1.82) is 0 Å². The first-order valence-corrected chi connectivity index (χ1v) is 21.3. The lowest BCUT2D eigenvalue weighted by Gasteiger charge is -2.19. The van der Waals surface area contributed by atoms with Gasteiger partial charge in [0.1, 0.15) is 6.61 Å². The molecule has 0 amide bonds. The normalized spacial score (nSPS) is 13.6. The van der Waals surface area contributed by atoms with Gasteiger partial charge in [-0.2, -0.15) is 0 Å². The first-order chi connectivity index (χ1) is 23.8. The number of hydrogen-bond donors (Lipinski definition) is 2. The Morgan fingerprint density at radius 2 is 1.06 bits per heavy atom. The van der Waals surface area contributed by atoms with Gasteiger partial charge in [-0.05, 0) is 44.9 Å². The minimum atomic E-state index is -4.37. The molecule has 0 aliphatic heterocycles. The average Bonchev–Trinajstić information content (AvgIpc) is 3.08. The first-order valence-electron chi connectivity index (χ1n) is 19.8. The molecule has 0 aromatic carbocycles. The first kappa shape index (κ1) is 47.5. The number of carbonyl (C=O) groups excluding carboxylic acids is 2. The maximum absolute atomic E-state index is 12.5. The standard InChI is InChI=1S/C39H74NO8P/c1-3-5-7-9-11-13-15-16-17-18-19-20-22-24-26-28-30-32-39(42)48-37(36-47-49(43,44)46-34-33-40)35-45-38(41)31-29-27-25-23-21-14-12-10-8-6-4-2/h11,13,16-17,37H,3-10,12,14-15,18-36,40H2,1-2H3,(H,43,44)/t37-/m1/s1.